The smallest absolute Gasteiger partial charge is 0.277 e. The van der Waals surface area contributed by atoms with E-state index in [0.29, 0.717) is 36.7 Å². The number of hydrogen-bond acceptors (Lipinski definition) is 6. The lowest BCUT2D eigenvalue weighted by Gasteiger charge is -2.32. The van der Waals surface area contributed by atoms with Gasteiger partial charge in [-0.3, -0.25) is 34.4 Å². The van der Waals surface area contributed by atoms with Crippen LogP contribution in [0.2, 0.25) is 0 Å². The molecule has 7 rings (SSSR count). The Kier molecular flexibility index (Phi) is 6.38. The Balaban J connectivity index is 0.974. The predicted octanol–water partition coefficient (Wildman–Crippen LogP) is 3.38. The maximum absolute atomic E-state index is 13.0. The van der Waals surface area contributed by atoms with Crippen LogP contribution in [-0.4, -0.2) is 57.5 Å². The number of imide groups is 1. The Bertz CT molecular complexity index is 1580. The molecule has 1 aromatic heterocycles. The van der Waals surface area contributed by atoms with Crippen LogP contribution < -0.4 is 10.2 Å². The van der Waals surface area contributed by atoms with Gasteiger partial charge < -0.3 is 9.80 Å². The summed E-state index contributed by atoms with van der Waals surface area (Å²) < 4.78 is 0. The summed E-state index contributed by atoms with van der Waals surface area (Å²) in [4.78, 5) is 60.0. The van der Waals surface area contributed by atoms with Crippen LogP contribution in [0.1, 0.15) is 74.7 Å². The van der Waals surface area contributed by atoms with Crippen LogP contribution in [0.15, 0.2) is 60.8 Å². The number of nitrogens with one attached hydrogen (secondary N) is 1. The summed E-state index contributed by atoms with van der Waals surface area (Å²) in [6, 6.07) is 17.6. The van der Waals surface area contributed by atoms with E-state index in [0.717, 1.165) is 49.3 Å². The van der Waals surface area contributed by atoms with Crippen LogP contribution in [0.3, 0.4) is 0 Å². The highest BCUT2D eigenvalue weighted by Crippen LogP contribution is 2.34. The zero-order valence-corrected chi connectivity index (χ0v) is 22.7. The monoisotopic (exact) mass is 549 g/mol. The van der Waals surface area contributed by atoms with Crippen LogP contribution in [0.25, 0.3) is 0 Å². The fraction of sp³-hybridized carbons (Fsp3) is 0.344. The van der Waals surface area contributed by atoms with E-state index in [1.165, 1.54) is 11.1 Å². The molecule has 1 unspecified atom stereocenters. The highest BCUT2D eigenvalue weighted by atomic mass is 16.2. The van der Waals surface area contributed by atoms with Gasteiger partial charge in [0.15, 0.2) is 0 Å². The van der Waals surface area contributed by atoms with Crippen molar-refractivity contribution in [3.05, 3.63) is 94.3 Å². The van der Waals surface area contributed by atoms with Crippen molar-refractivity contribution in [2.24, 2.45) is 0 Å². The van der Waals surface area contributed by atoms with Crippen molar-refractivity contribution in [1.29, 1.82) is 0 Å². The number of pyridine rings is 1. The largest absolute Gasteiger partial charge is 0.322 e. The van der Waals surface area contributed by atoms with E-state index in [9.17, 15) is 19.2 Å². The van der Waals surface area contributed by atoms with Crippen molar-refractivity contribution in [3.63, 3.8) is 0 Å². The van der Waals surface area contributed by atoms with Gasteiger partial charge in [0.2, 0.25) is 11.8 Å². The fourth-order valence-electron chi connectivity index (χ4n) is 6.69. The van der Waals surface area contributed by atoms with Gasteiger partial charge in [-0.15, -0.1) is 0 Å². The van der Waals surface area contributed by atoms with E-state index in [-0.39, 0.29) is 30.0 Å². The number of aromatic nitrogens is 1. The van der Waals surface area contributed by atoms with Crippen molar-refractivity contribution in [3.8, 4) is 0 Å². The van der Waals surface area contributed by atoms with Gasteiger partial charge in [0.25, 0.3) is 11.8 Å². The molecule has 2 saturated heterocycles. The summed E-state index contributed by atoms with van der Waals surface area (Å²) in [6.07, 6.45) is 4.34. The molecular formula is C32H31N5O4. The standard InChI is InChI=1S/C32H31N5O4/c38-28-9-8-27(30(39)34-28)37-19-24-16-22(6-7-26(24)31(37)40)21-10-13-35(14-11-21)17-20-3-1-5-25(15-20)36-18-23-4-2-12-33-29(23)32(36)41/h1-7,12,15-16,21,27H,8-11,13-14,17-19H2,(H,34,38,39). The number of likely N-dealkylation sites (tertiary alicyclic amines) is 1. The molecule has 0 spiro atoms. The Hall–Kier alpha value is -4.37. The third kappa shape index (κ3) is 4.70. The SMILES string of the molecule is O=C1CCC(N2Cc3cc(C4CCN(Cc5cccc(N6Cc7cccnc7C6=O)c5)CC4)ccc3C2=O)C(=O)N1. The number of carbonyl (C=O) groups is 4. The quantitative estimate of drug-likeness (QED) is 0.490. The molecule has 9 nitrogen and oxygen atoms in total. The summed E-state index contributed by atoms with van der Waals surface area (Å²) in [5, 5.41) is 2.36. The van der Waals surface area contributed by atoms with E-state index in [1.54, 1.807) is 16.0 Å². The van der Waals surface area contributed by atoms with Gasteiger partial charge in [0.05, 0.1) is 6.54 Å². The Morgan fingerprint density at radius 2 is 1.71 bits per heavy atom. The molecule has 41 heavy (non-hydrogen) atoms. The predicted molar refractivity (Wildman–Crippen MR) is 151 cm³/mol. The van der Waals surface area contributed by atoms with Crippen molar-refractivity contribution < 1.29 is 19.2 Å². The first-order valence-electron chi connectivity index (χ1n) is 14.3. The number of benzene rings is 2. The second-order valence-corrected chi connectivity index (χ2v) is 11.4. The molecule has 2 fully saturated rings. The van der Waals surface area contributed by atoms with Crippen molar-refractivity contribution in [2.75, 3.05) is 18.0 Å². The summed E-state index contributed by atoms with van der Waals surface area (Å²) in [5.74, 6) is -0.420. The summed E-state index contributed by atoms with van der Waals surface area (Å²) in [5.41, 5.74) is 6.45. The minimum atomic E-state index is -0.589. The number of nitrogens with zero attached hydrogens (tertiary/aromatic N) is 4. The van der Waals surface area contributed by atoms with E-state index in [1.807, 2.05) is 30.3 Å². The summed E-state index contributed by atoms with van der Waals surface area (Å²) >= 11 is 0. The molecule has 0 aliphatic carbocycles. The number of carbonyl (C=O) groups excluding carboxylic acids is 4. The average Bonchev–Trinajstić information content (AvgIpc) is 3.50. The van der Waals surface area contributed by atoms with Crippen LogP contribution >= 0.6 is 0 Å². The van der Waals surface area contributed by atoms with Gasteiger partial charge in [-0.2, -0.15) is 0 Å². The molecule has 208 valence electrons. The maximum atomic E-state index is 13.0. The molecule has 2 aromatic carbocycles. The first kappa shape index (κ1) is 25.6. The normalized spacial score (nSPS) is 21.3. The molecule has 4 aliphatic rings. The summed E-state index contributed by atoms with van der Waals surface area (Å²) in [6.45, 7) is 3.71. The first-order chi connectivity index (χ1) is 19.9. The van der Waals surface area contributed by atoms with Crippen LogP contribution in [0.5, 0.6) is 0 Å². The van der Waals surface area contributed by atoms with E-state index in [2.05, 4.69) is 39.5 Å². The minimum absolute atomic E-state index is 0.0464. The van der Waals surface area contributed by atoms with Gasteiger partial charge in [-0.1, -0.05) is 30.3 Å². The first-order valence-corrected chi connectivity index (χ1v) is 14.3. The molecule has 0 radical (unpaired) electrons. The molecule has 4 aliphatic heterocycles. The molecule has 0 bridgehead atoms. The lowest BCUT2D eigenvalue weighted by Crippen LogP contribution is -2.52. The van der Waals surface area contributed by atoms with Crippen molar-refractivity contribution >= 4 is 29.3 Å². The second kappa shape index (κ2) is 10.2. The third-order valence-electron chi connectivity index (χ3n) is 8.90. The Labute approximate surface area is 238 Å². The molecule has 5 heterocycles. The molecule has 3 aromatic rings. The molecule has 1 N–H and O–H groups in total. The molecule has 0 saturated carbocycles. The van der Waals surface area contributed by atoms with Crippen LogP contribution in [-0.2, 0) is 29.2 Å². The van der Waals surface area contributed by atoms with Gasteiger partial charge in [0.1, 0.15) is 11.7 Å². The average molecular weight is 550 g/mol. The lowest BCUT2D eigenvalue weighted by molar-refractivity contribution is -0.136. The van der Waals surface area contributed by atoms with Gasteiger partial charge in [0, 0.05) is 42.5 Å². The Morgan fingerprint density at radius 3 is 2.51 bits per heavy atom. The van der Waals surface area contributed by atoms with Crippen LogP contribution in [0.4, 0.5) is 5.69 Å². The highest BCUT2D eigenvalue weighted by Gasteiger charge is 2.39. The second-order valence-electron chi connectivity index (χ2n) is 11.4. The molecule has 9 heteroatoms. The Morgan fingerprint density at radius 1 is 0.854 bits per heavy atom. The summed E-state index contributed by atoms with van der Waals surface area (Å²) in [7, 11) is 0. The van der Waals surface area contributed by atoms with Crippen molar-refractivity contribution in [2.45, 2.75) is 57.3 Å². The third-order valence-corrected chi connectivity index (χ3v) is 8.90. The van der Waals surface area contributed by atoms with E-state index >= 15 is 0 Å². The number of piperidine rings is 2. The van der Waals surface area contributed by atoms with Crippen molar-refractivity contribution in [1.82, 2.24) is 20.1 Å². The zero-order valence-electron chi connectivity index (χ0n) is 22.7. The number of fused-ring (bicyclic) bond motifs is 2. The maximum Gasteiger partial charge on any atom is 0.277 e. The number of amides is 4. The lowest BCUT2D eigenvalue weighted by atomic mass is 9.87. The fourth-order valence-corrected chi connectivity index (χ4v) is 6.69. The van der Waals surface area contributed by atoms with Gasteiger partial charge in [-0.05, 0) is 79.2 Å². The number of anilines is 1. The topological polar surface area (TPSA) is 103 Å². The van der Waals surface area contributed by atoms with E-state index in [4.69, 9.17) is 0 Å². The van der Waals surface area contributed by atoms with Gasteiger partial charge in [-0.25, -0.2) is 0 Å². The molecular weight excluding hydrogens is 518 g/mol. The minimum Gasteiger partial charge on any atom is -0.322 e. The number of hydrogen-bond donors (Lipinski definition) is 1. The van der Waals surface area contributed by atoms with Gasteiger partial charge >= 0.3 is 0 Å². The van der Waals surface area contributed by atoms with Crippen LogP contribution in [0, 0.1) is 0 Å². The number of rotatable bonds is 5. The zero-order chi connectivity index (χ0) is 28.1. The molecule has 1 atom stereocenters. The molecule has 4 amide bonds. The van der Waals surface area contributed by atoms with E-state index < -0.39 is 6.04 Å². The highest BCUT2D eigenvalue weighted by molar-refractivity contribution is 6.08.